The second kappa shape index (κ2) is 10.8. The zero-order chi connectivity index (χ0) is 30.5. The fourth-order valence-electron chi connectivity index (χ4n) is 5.40. The van der Waals surface area contributed by atoms with E-state index in [4.69, 9.17) is 23.2 Å². The standard InChI is InChI=1S/C33H23Cl2F3N2O3/c34-26-13-19(14-27(35)17-26)18-40-12-9-22-15-23(20-1-7-25(8-2-20)33(36,37)38)16-28(29(22)40)30(41)39-32(10-11-32)24-5-3-21(4-6-24)31(42)43/h1-9,12-17H,10-11,18H2,(H,39,41)(H,42,43). The van der Waals surface area contributed by atoms with Crippen molar-refractivity contribution in [2.24, 2.45) is 0 Å². The number of benzene rings is 4. The molecule has 2 N–H and O–H groups in total. The number of carboxylic acid groups (broad SMARTS) is 1. The van der Waals surface area contributed by atoms with Gasteiger partial charge in [0.15, 0.2) is 0 Å². The minimum absolute atomic E-state index is 0.149. The molecule has 5 aromatic rings. The molecule has 1 aromatic heterocycles. The minimum atomic E-state index is -4.46. The number of aromatic nitrogens is 1. The number of carbonyl (C=O) groups is 2. The molecule has 1 fully saturated rings. The fourth-order valence-corrected chi connectivity index (χ4v) is 5.97. The summed E-state index contributed by atoms with van der Waals surface area (Å²) in [5.41, 5.74) is 2.47. The van der Waals surface area contributed by atoms with E-state index in [1.165, 1.54) is 24.3 Å². The van der Waals surface area contributed by atoms with Crippen LogP contribution in [0.3, 0.4) is 0 Å². The third-order valence-electron chi connectivity index (χ3n) is 7.71. The van der Waals surface area contributed by atoms with Crippen LogP contribution in [-0.2, 0) is 18.3 Å². The number of carbonyl (C=O) groups excluding carboxylic acids is 1. The molecular weight excluding hydrogens is 600 g/mol. The fraction of sp³-hybridized carbons (Fsp3) is 0.152. The van der Waals surface area contributed by atoms with Gasteiger partial charge < -0.3 is 15.0 Å². The number of amides is 1. The lowest BCUT2D eigenvalue weighted by Crippen LogP contribution is -2.35. The smallest absolute Gasteiger partial charge is 0.416 e. The largest absolute Gasteiger partial charge is 0.478 e. The number of carboxylic acids is 1. The molecule has 10 heteroatoms. The number of hydrogen-bond acceptors (Lipinski definition) is 2. The van der Waals surface area contributed by atoms with Crippen molar-refractivity contribution in [2.75, 3.05) is 0 Å². The summed E-state index contributed by atoms with van der Waals surface area (Å²) in [5.74, 6) is -1.40. The maximum Gasteiger partial charge on any atom is 0.416 e. The summed E-state index contributed by atoms with van der Waals surface area (Å²) in [4.78, 5) is 25.3. The van der Waals surface area contributed by atoms with Gasteiger partial charge in [-0.25, -0.2) is 4.79 Å². The Kier molecular flexibility index (Phi) is 7.22. The highest BCUT2D eigenvalue weighted by atomic mass is 35.5. The molecule has 5 nitrogen and oxygen atoms in total. The first kappa shape index (κ1) is 28.8. The maximum atomic E-state index is 14.0. The van der Waals surface area contributed by atoms with E-state index in [0.29, 0.717) is 51.6 Å². The summed E-state index contributed by atoms with van der Waals surface area (Å²) in [7, 11) is 0. The van der Waals surface area contributed by atoms with Gasteiger partial charge in [-0.1, -0.05) is 47.5 Å². The summed E-state index contributed by atoms with van der Waals surface area (Å²) in [6.45, 7) is 0.367. The zero-order valence-electron chi connectivity index (χ0n) is 22.4. The molecular formula is C33H23Cl2F3N2O3. The first-order valence-electron chi connectivity index (χ1n) is 13.3. The lowest BCUT2D eigenvalue weighted by molar-refractivity contribution is -0.137. The van der Waals surface area contributed by atoms with E-state index < -0.39 is 23.2 Å². The normalized spacial score (nSPS) is 14.1. The molecule has 0 atom stereocenters. The third-order valence-corrected chi connectivity index (χ3v) is 8.15. The van der Waals surface area contributed by atoms with E-state index in [1.54, 1.807) is 36.4 Å². The molecule has 1 heterocycles. The Balaban J connectivity index is 1.42. The van der Waals surface area contributed by atoms with Crippen LogP contribution in [0, 0.1) is 0 Å². The third kappa shape index (κ3) is 5.85. The number of hydrogen-bond donors (Lipinski definition) is 2. The van der Waals surface area contributed by atoms with Crippen molar-refractivity contribution in [1.29, 1.82) is 0 Å². The predicted octanol–water partition coefficient (Wildman–Crippen LogP) is 8.80. The lowest BCUT2D eigenvalue weighted by atomic mass is 9.97. The molecule has 43 heavy (non-hydrogen) atoms. The molecule has 0 unspecified atom stereocenters. The van der Waals surface area contributed by atoms with Crippen molar-refractivity contribution in [2.45, 2.75) is 31.1 Å². The van der Waals surface area contributed by atoms with Crippen LogP contribution >= 0.6 is 23.2 Å². The van der Waals surface area contributed by atoms with Crippen molar-refractivity contribution in [3.63, 3.8) is 0 Å². The Morgan fingerprint density at radius 3 is 2.09 bits per heavy atom. The number of halogens is 5. The van der Waals surface area contributed by atoms with E-state index in [9.17, 15) is 27.9 Å². The second-order valence-electron chi connectivity index (χ2n) is 10.7. The van der Waals surface area contributed by atoms with Gasteiger partial charge >= 0.3 is 12.1 Å². The molecule has 1 aliphatic carbocycles. The zero-order valence-corrected chi connectivity index (χ0v) is 23.9. The Bertz CT molecular complexity index is 1860. The molecule has 0 saturated heterocycles. The van der Waals surface area contributed by atoms with Gasteiger partial charge in [-0.15, -0.1) is 0 Å². The molecule has 6 rings (SSSR count). The average molecular weight is 623 g/mol. The molecule has 4 aromatic carbocycles. The first-order chi connectivity index (χ1) is 20.4. The Morgan fingerprint density at radius 1 is 0.860 bits per heavy atom. The van der Waals surface area contributed by atoms with Gasteiger partial charge in [0.25, 0.3) is 5.91 Å². The van der Waals surface area contributed by atoms with Gasteiger partial charge in [0.1, 0.15) is 0 Å². The number of nitrogens with one attached hydrogen (secondary N) is 1. The molecule has 1 aliphatic rings. The van der Waals surface area contributed by atoms with Crippen LogP contribution in [0.4, 0.5) is 13.2 Å². The summed E-state index contributed by atoms with van der Waals surface area (Å²) >= 11 is 12.4. The summed E-state index contributed by atoms with van der Waals surface area (Å²) in [6.07, 6.45) is -1.27. The molecule has 0 radical (unpaired) electrons. The number of nitrogens with zero attached hydrogens (tertiary/aromatic N) is 1. The van der Waals surface area contributed by atoms with Crippen LogP contribution in [0.1, 0.15) is 50.2 Å². The second-order valence-corrected chi connectivity index (χ2v) is 11.5. The predicted molar refractivity (Wildman–Crippen MR) is 160 cm³/mol. The van der Waals surface area contributed by atoms with Crippen molar-refractivity contribution in [3.8, 4) is 11.1 Å². The van der Waals surface area contributed by atoms with Crippen LogP contribution in [0.15, 0.2) is 91.1 Å². The highest BCUT2D eigenvalue weighted by molar-refractivity contribution is 6.34. The van der Waals surface area contributed by atoms with Crippen molar-refractivity contribution in [1.82, 2.24) is 9.88 Å². The average Bonchev–Trinajstić information content (AvgIpc) is 3.63. The van der Waals surface area contributed by atoms with Crippen LogP contribution in [0.2, 0.25) is 10.0 Å². The summed E-state index contributed by atoms with van der Waals surface area (Å²) in [5, 5.41) is 14.1. The Labute approximate surface area is 254 Å². The van der Waals surface area contributed by atoms with Crippen LogP contribution < -0.4 is 5.32 Å². The van der Waals surface area contributed by atoms with Gasteiger partial charge in [0, 0.05) is 28.2 Å². The van der Waals surface area contributed by atoms with Crippen LogP contribution in [-0.4, -0.2) is 21.6 Å². The monoisotopic (exact) mass is 622 g/mol. The highest BCUT2D eigenvalue weighted by Gasteiger charge is 2.46. The number of rotatable bonds is 7. The van der Waals surface area contributed by atoms with E-state index in [1.807, 2.05) is 22.9 Å². The van der Waals surface area contributed by atoms with Crippen LogP contribution in [0.25, 0.3) is 22.0 Å². The van der Waals surface area contributed by atoms with Gasteiger partial charge in [0.05, 0.1) is 27.7 Å². The van der Waals surface area contributed by atoms with Crippen molar-refractivity contribution >= 4 is 46.0 Å². The van der Waals surface area contributed by atoms with Gasteiger partial charge in [-0.05, 0) is 95.8 Å². The van der Waals surface area contributed by atoms with Gasteiger partial charge in [0.2, 0.25) is 0 Å². The molecule has 0 bridgehead atoms. The van der Waals surface area contributed by atoms with E-state index in [-0.39, 0.29) is 11.5 Å². The van der Waals surface area contributed by atoms with Gasteiger partial charge in [-0.3, -0.25) is 4.79 Å². The lowest BCUT2D eigenvalue weighted by Gasteiger charge is -2.20. The SMILES string of the molecule is O=C(O)c1ccc(C2(NC(=O)c3cc(-c4ccc(C(F)(F)F)cc4)cc4ccn(Cc5cc(Cl)cc(Cl)c5)c34)CC2)cc1. The molecule has 1 amide bonds. The molecule has 1 saturated carbocycles. The van der Waals surface area contributed by atoms with Crippen molar-refractivity contribution < 1.29 is 27.9 Å². The van der Waals surface area contributed by atoms with Crippen LogP contribution in [0.5, 0.6) is 0 Å². The number of aromatic carboxylic acids is 1. The summed E-state index contributed by atoms with van der Waals surface area (Å²) < 4.78 is 41.5. The van der Waals surface area contributed by atoms with E-state index in [2.05, 4.69) is 5.32 Å². The van der Waals surface area contributed by atoms with Crippen molar-refractivity contribution in [3.05, 3.63) is 129 Å². The molecule has 0 aliphatic heterocycles. The van der Waals surface area contributed by atoms with E-state index in [0.717, 1.165) is 28.6 Å². The maximum absolute atomic E-state index is 14.0. The van der Waals surface area contributed by atoms with E-state index >= 15 is 0 Å². The topological polar surface area (TPSA) is 71.3 Å². The molecule has 218 valence electrons. The number of alkyl halides is 3. The van der Waals surface area contributed by atoms with Gasteiger partial charge in [-0.2, -0.15) is 13.2 Å². The highest BCUT2D eigenvalue weighted by Crippen LogP contribution is 2.46. The molecule has 0 spiro atoms. The first-order valence-corrected chi connectivity index (χ1v) is 14.1. The summed E-state index contributed by atoms with van der Waals surface area (Å²) in [6, 6.07) is 21.8. The minimum Gasteiger partial charge on any atom is -0.478 e. The Hall–Kier alpha value is -4.27. The number of fused-ring (bicyclic) bond motifs is 1. The Morgan fingerprint density at radius 2 is 1.51 bits per heavy atom. The quantitative estimate of drug-likeness (QED) is 0.190.